The molecule has 2 heteroatoms. The summed E-state index contributed by atoms with van der Waals surface area (Å²) in [6, 6.07) is 0. The van der Waals surface area contributed by atoms with Crippen molar-refractivity contribution in [3.8, 4) is 0 Å². The summed E-state index contributed by atoms with van der Waals surface area (Å²) in [4.78, 5) is 0. The highest BCUT2D eigenvalue weighted by atomic mass is 127. The highest BCUT2D eigenvalue weighted by Gasteiger charge is 2.32. The van der Waals surface area contributed by atoms with Crippen LogP contribution in [0.25, 0.3) is 0 Å². The van der Waals surface area contributed by atoms with Gasteiger partial charge in [-0.3, -0.25) is 0 Å². The lowest BCUT2D eigenvalue weighted by atomic mass is 9.81. The molecule has 0 saturated heterocycles. The van der Waals surface area contributed by atoms with E-state index < -0.39 is 0 Å². The Morgan fingerprint density at radius 1 is 1.38 bits per heavy atom. The molecule has 0 spiro atoms. The normalized spacial score (nSPS) is 21.2. The Bertz CT molecular complexity index is 194. The van der Waals surface area contributed by atoms with Crippen LogP contribution in [-0.4, -0.2) is 23.4 Å². The van der Waals surface area contributed by atoms with Crippen LogP contribution in [0.4, 0.5) is 0 Å². The van der Waals surface area contributed by atoms with Gasteiger partial charge in [0.2, 0.25) is 0 Å². The molecule has 13 heavy (non-hydrogen) atoms. The molecule has 0 N–H and O–H groups in total. The van der Waals surface area contributed by atoms with Crippen LogP contribution in [0.2, 0.25) is 0 Å². The third kappa shape index (κ3) is 3.22. The van der Waals surface area contributed by atoms with Crippen molar-refractivity contribution in [2.45, 2.75) is 47.0 Å². The van der Waals surface area contributed by atoms with Gasteiger partial charge in [-0.25, -0.2) is 4.58 Å². The quantitative estimate of drug-likeness (QED) is 0.486. The van der Waals surface area contributed by atoms with Crippen molar-refractivity contribution in [1.82, 2.24) is 0 Å². The van der Waals surface area contributed by atoms with Gasteiger partial charge >= 0.3 is 0 Å². The second-order valence-corrected chi connectivity index (χ2v) is 4.56. The average Bonchev–Trinajstić information content (AvgIpc) is 1.99. The molecule has 1 aliphatic heterocycles. The summed E-state index contributed by atoms with van der Waals surface area (Å²) in [5.74, 6) is 0. The number of nitrogens with zero attached hydrogens (tertiary/aromatic N) is 1. The maximum atomic E-state index is 2.56. The van der Waals surface area contributed by atoms with Gasteiger partial charge in [0, 0.05) is 25.2 Å². The van der Waals surface area contributed by atoms with Crippen LogP contribution in [0, 0.1) is 5.41 Å². The van der Waals surface area contributed by atoms with E-state index >= 15 is 0 Å². The molecular weight excluding hydrogens is 273 g/mol. The molecule has 0 amide bonds. The van der Waals surface area contributed by atoms with Crippen molar-refractivity contribution in [1.29, 1.82) is 0 Å². The van der Waals surface area contributed by atoms with Crippen LogP contribution in [-0.2, 0) is 0 Å². The molecule has 1 nitrogen and oxygen atoms in total. The van der Waals surface area contributed by atoms with Gasteiger partial charge < -0.3 is 24.0 Å². The Morgan fingerprint density at radius 2 is 2.00 bits per heavy atom. The van der Waals surface area contributed by atoms with Crippen molar-refractivity contribution < 1.29 is 28.6 Å². The molecule has 78 valence electrons. The molecule has 0 fully saturated rings. The Hall–Kier alpha value is 0.400. The molecular formula is C11H22IN. The van der Waals surface area contributed by atoms with Crippen LogP contribution in [0.5, 0.6) is 0 Å². The van der Waals surface area contributed by atoms with Crippen molar-refractivity contribution >= 4 is 5.71 Å². The topological polar surface area (TPSA) is 3.01 Å². The molecule has 0 aromatic carbocycles. The number of hydrogen-bond acceptors (Lipinski definition) is 0. The Morgan fingerprint density at radius 3 is 2.54 bits per heavy atom. The van der Waals surface area contributed by atoms with Crippen molar-refractivity contribution in [2.75, 3.05) is 13.1 Å². The molecule has 0 aliphatic carbocycles. The van der Waals surface area contributed by atoms with Gasteiger partial charge in [-0.15, -0.1) is 0 Å². The molecule has 0 saturated carbocycles. The molecule has 1 rings (SSSR count). The molecule has 1 heterocycles. The molecule has 0 unspecified atom stereocenters. The summed E-state index contributed by atoms with van der Waals surface area (Å²) in [5, 5.41) is 0. The summed E-state index contributed by atoms with van der Waals surface area (Å²) in [7, 11) is 0. The van der Waals surface area contributed by atoms with Crippen LogP contribution in [0.1, 0.15) is 47.0 Å². The van der Waals surface area contributed by atoms with Crippen LogP contribution in [0.3, 0.4) is 0 Å². The summed E-state index contributed by atoms with van der Waals surface area (Å²) in [6.07, 6.45) is 4.00. The van der Waals surface area contributed by atoms with Gasteiger partial charge in [-0.1, -0.05) is 20.8 Å². The SMILES string of the molecule is CCC[N+]1=C(C)C(C)(C)CCC1.[I-]. The second kappa shape index (κ2) is 5.32. The van der Waals surface area contributed by atoms with Crippen LogP contribution in [0.15, 0.2) is 0 Å². The van der Waals surface area contributed by atoms with Gasteiger partial charge in [0.05, 0.1) is 0 Å². The van der Waals surface area contributed by atoms with E-state index in [0.29, 0.717) is 5.41 Å². The minimum atomic E-state index is 0. The fourth-order valence-electron chi connectivity index (χ4n) is 2.04. The molecule has 0 aromatic heterocycles. The first-order valence-electron chi connectivity index (χ1n) is 5.17. The lowest BCUT2D eigenvalue weighted by Gasteiger charge is -2.27. The molecule has 0 bridgehead atoms. The second-order valence-electron chi connectivity index (χ2n) is 4.56. The van der Waals surface area contributed by atoms with E-state index in [1.165, 1.54) is 32.4 Å². The van der Waals surface area contributed by atoms with E-state index in [9.17, 15) is 0 Å². The Labute approximate surface area is 99.6 Å². The summed E-state index contributed by atoms with van der Waals surface area (Å²) < 4.78 is 2.56. The van der Waals surface area contributed by atoms with E-state index in [4.69, 9.17) is 0 Å². The minimum Gasteiger partial charge on any atom is -1.00 e. The third-order valence-electron chi connectivity index (χ3n) is 3.18. The van der Waals surface area contributed by atoms with Crippen LogP contribution >= 0.6 is 0 Å². The van der Waals surface area contributed by atoms with E-state index in [0.717, 1.165) is 0 Å². The monoisotopic (exact) mass is 295 g/mol. The Kier molecular flexibility index (Phi) is 5.49. The zero-order valence-electron chi connectivity index (χ0n) is 9.36. The zero-order valence-corrected chi connectivity index (χ0v) is 11.5. The average molecular weight is 295 g/mol. The van der Waals surface area contributed by atoms with E-state index in [-0.39, 0.29) is 24.0 Å². The maximum absolute atomic E-state index is 2.56. The van der Waals surface area contributed by atoms with Crippen molar-refractivity contribution in [2.24, 2.45) is 5.41 Å². The van der Waals surface area contributed by atoms with Gasteiger partial charge in [0.15, 0.2) is 5.71 Å². The zero-order chi connectivity index (χ0) is 9.19. The smallest absolute Gasteiger partial charge is 0.154 e. The highest BCUT2D eigenvalue weighted by Crippen LogP contribution is 2.27. The lowest BCUT2D eigenvalue weighted by molar-refractivity contribution is -0.537. The van der Waals surface area contributed by atoms with Gasteiger partial charge in [-0.05, 0) is 6.42 Å². The molecule has 0 aromatic rings. The molecule has 0 atom stereocenters. The molecule has 0 radical (unpaired) electrons. The fourth-order valence-corrected chi connectivity index (χ4v) is 2.04. The van der Waals surface area contributed by atoms with E-state index in [1.54, 1.807) is 5.71 Å². The van der Waals surface area contributed by atoms with Gasteiger partial charge in [-0.2, -0.15) is 0 Å². The standard InChI is InChI=1S/C11H22N.HI/c1-5-8-12-9-6-7-11(3,4)10(12)2;/h5-9H2,1-4H3;1H/q+1;/p-1. The van der Waals surface area contributed by atoms with Gasteiger partial charge in [0.25, 0.3) is 0 Å². The largest absolute Gasteiger partial charge is 1.00 e. The predicted octanol–water partition coefficient (Wildman–Crippen LogP) is -0.306. The fraction of sp³-hybridized carbons (Fsp3) is 0.909. The van der Waals surface area contributed by atoms with Crippen molar-refractivity contribution in [3.63, 3.8) is 0 Å². The van der Waals surface area contributed by atoms with Gasteiger partial charge in [0.1, 0.15) is 13.1 Å². The Balaban J connectivity index is 0.00000144. The minimum absolute atomic E-state index is 0. The first-order valence-corrected chi connectivity index (χ1v) is 5.17. The van der Waals surface area contributed by atoms with Crippen molar-refractivity contribution in [3.05, 3.63) is 0 Å². The number of hydrogen-bond donors (Lipinski definition) is 0. The predicted molar refractivity (Wildman–Crippen MR) is 54.0 cm³/mol. The summed E-state index contributed by atoms with van der Waals surface area (Å²) in [5.41, 5.74) is 2.04. The lowest BCUT2D eigenvalue weighted by Crippen LogP contribution is -3.00. The third-order valence-corrected chi connectivity index (χ3v) is 3.18. The first kappa shape index (κ1) is 13.4. The molecule has 1 aliphatic rings. The van der Waals surface area contributed by atoms with E-state index in [1.807, 2.05) is 0 Å². The number of halogens is 1. The van der Waals surface area contributed by atoms with E-state index in [2.05, 4.69) is 32.3 Å². The maximum Gasteiger partial charge on any atom is 0.154 e. The highest BCUT2D eigenvalue weighted by molar-refractivity contribution is 5.83. The summed E-state index contributed by atoms with van der Waals surface area (Å²) in [6.45, 7) is 11.8. The number of rotatable bonds is 2. The first-order chi connectivity index (χ1) is 5.58. The summed E-state index contributed by atoms with van der Waals surface area (Å²) >= 11 is 0. The van der Waals surface area contributed by atoms with Crippen LogP contribution < -0.4 is 24.0 Å².